The highest BCUT2D eigenvalue weighted by atomic mass is 79.9. The van der Waals surface area contributed by atoms with Crippen molar-refractivity contribution in [2.45, 2.75) is 51.2 Å². The van der Waals surface area contributed by atoms with Gasteiger partial charge in [0.2, 0.25) is 0 Å². The van der Waals surface area contributed by atoms with Crippen LogP contribution in [0.5, 0.6) is 0 Å². The van der Waals surface area contributed by atoms with Gasteiger partial charge in [-0.2, -0.15) is 0 Å². The lowest BCUT2D eigenvalue weighted by Crippen LogP contribution is -2.53. The molecular formula is C16H23BrFNO. The second-order valence-electron chi connectivity index (χ2n) is 5.71. The molecule has 0 amide bonds. The van der Waals surface area contributed by atoms with Crippen LogP contribution in [0.1, 0.15) is 38.7 Å². The number of hydrogen-bond acceptors (Lipinski definition) is 2. The maximum atomic E-state index is 13.5. The van der Waals surface area contributed by atoms with E-state index in [0.29, 0.717) is 0 Å². The minimum absolute atomic E-state index is 0.160. The van der Waals surface area contributed by atoms with E-state index in [2.05, 4.69) is 35.1 Å². The summed E-state index contributed by atoms with van der Waals surface area (Å²) in [6.45, 7) is 5.99. The number of rotatable bonds is 5. The largest absolute Gasteiger partial charge is 0.374 e. The smallest absolute Gasteiger partial charge is 0.124 e. The van der Waals surface area contributed by atoms with Crippen molar-refractivity contribution in [2.75, 3.05) is 13.2 Å². The van der Waals surface area contributed by atoms with Crippen LogP contribution in [-0.2, 0) is 11.2 Å². The number of ether oxygens (including phenoxy) is 1. The van der Waals surface area contributed by atoms with Crippen LogP contribution in [0.2, 0.25) is 0 Å². The zero-order valence-electron chi connectivity index (χ0n) is 12.2. The van der Waals surface area contributed by atoms with Gasteiger partial charge < -0.3 is 10.1 Å². The normalized spacial score (nSPS) is 24.6. The van der Waals surface area contributed by atoms with E-state index in [0.717, 1.165) is 42.5 Å². The summed E-state index contributed by atoms with van der Waals surface area (Å²) in [4.78, 5) is 0. The Balaban J connectivity index is 2.15. The average Bonchev–Trinajstić information content (AvgIpc) is 2.38. The summed E-state index contributed by atoms with van der Waals surface area (Å²) in [7, 11) is 0. The molecule has 1 aliphatic heterocycles. The lowest BCUT2D eigenvalue weighted by atomic mass is 9.84. The van der Waals surface area contributed by atoms with Crippen LogP contribution < -0.4 is 5.32 Å². The minimum Gasteiger partial charge on any atom is -0.374 e. The standard InChI is InChI=1S/C16H23BrFNO/c1-3-19-15(16(2)6-4-5-7-20-16)10-12-8-13(17)11-14(18)9-12/h8-9,11,15,19H,3-7,10H2,1-2H3. The summed E-state index contributed by atoms with van der Waals surface area (Å²) in [5.41, 5.74) is 0.839. The zero-order chi connectivity index (χ0) is 14.6. The molecule has 2 atom stereocenters. The van der Waals surface area contributed by atoms with E-state index in [4.69, 9.17) is 4.74 Å². The van der Waals surface area contributed by atoms with Gasteiger partial charge in [-0.1, -0.05) is 22.9 Å². The molecule has 1 heterocycles. The lowest BCUT2D eigenvalue weighted by molar-refractivity contribution is -0.0881. The third-order valence-electron chi connectivity index (χ3n) is 4.05. The molecule has 4 heteroatoms. The van der Waals surface area contributed by atoms with Gasteiger partial charge in [0.15, 0.2) is 0 Å². The van der Waals surface area contributed by atoms with Crippen molar-refractivity contribution >= 4 is 15.9 Å². The van der Waals surface area contributed by atoms with Gasteiger partial charge in [-0.05, 0) is 62.9 Å². The Bertz CT molecular complexity index is 426. The fourth-order valence-corrected chi connectivity index (χ4v) is 3.46. The van der Waals surface area contributed by atoms with Crippen LogP contribution in [0.4, 0.5) is 4.39 Å². The fraction of sp³-hybridized carbons (Fsp3) is 0.625. The summed E-state index contributed by atoms with van der Waals surface area (Å²) >= 11 is 3.36. The van der Waals surface area contributed by atoms with Crippen molar-refractivity contribution in [1.29, 1.82) is 0 Å². The third-order valence-corrected chi connectivity index (χ3v) is 4.51. The molecule has 1 aromatic rings. The molecule has 0 bridgehead atoms. The molecule has 0 spiro atoms. The molecular weight excluding hydrogens is 321 g/mol. The molecule has 1 aliphatic rings. The van der Waals surface area contributed by atoms with Gasteiger partial charge in [0.05, 0.1) is 5.60 Å². The van der Waals surface area contributed by atoms with E-state index in [-0.39, 0.29) is 17.5 Å². The minimum atomic E-state index is -0.195. The van der Waals surface area contributed by atoms with Crippen molar-refractivity contribution in [3.8, 4) is 0 Å². The maximum Gasteiger partial charge on any atom is 0.124 e. The Morgan fingerprint density at radius 3 is 2.80 bits per heavy atom. The predicted molar refractivity (Wildman–Crippen MR) is 83.5 cm³/mol. The van der Waals surface area contributed by atoms with Crippen molar-refractivity contribution in [3.05, 3.63) is 34.1 Å². The van der Waals surface area contributed by atoms with Gasteiger partial charge in [0, 0.05) is 17.1 Å². The summed E-state index contributed by atoms with van der Waals surface area (Å²) in [5, 5.41) is 3.52. The maximum absolute atomic E-state index is 13.5. The second-order valence-corrected chi connectivity index (χ2v) is 6.63. The molecule has 1 N–H and O–H groups in total. The van der Waals surface area contributed by atoms with Crippen LogP contribution in [0, 0.1) is 5.82 Å². The van der Waals surface area contributed by atoms with Gasteiger partial charge in [-0.15, -0.1) is 0 Å². The molecule has 0 aromatic heterocycles. The SMILES string of the molecule is CCNC(Cc1cc(F)cc(Br)c1)C1(C)CCCCO1. The van der Waals surface area contributed by atoms with E-state index in [1.165, 1.54) is 12.5 Å². The summed E-state index contributed by atoms with van der Waals surface area (Å²) in [6.07, 6.45) is 4.17. The molecule has 20 heavy (non-hydrogen) atoms. The van der Waals surface area contributed by atoms with Crippen LogP contribution in [0.3, 0.4) is 0 Å². The number of hydrogen-bond donors (Lipinski definition) is 1. The monoisotopic (exact) mass is 343 g/mol. The van der Waals surface area contributed by atoms with Crippen LogP contribution >= 0.6 is 15.9 Å². The predicted octanol–water partition coefficient (Wildman–Crippen LogP) is 4.07. The van der Waals surface area contributed by atoms with Crippen molar-refractivity contribution in [1.82, 2.24) is 5.32 Å². The van der Waals surface area contributed by atoms with Gasteiger partial charge in [0.1, 0.15) is 5.82 Å². The summed E-state index contributed by atoms with van der Waals surface area (Å²) < 4.78 is 20.4. The summed E-state index contributed by atoms with van der Waals surface area (Å²) in [6, 6.07) is 5.30. The van der Waals surface area contributed by atoms with Crippen molar-refractivity contribution < 1.29 is 9.13 Å². The van der Waals surface area contributed by atoms with Gasteiger partial charge in [-0.25, -0.2) is 4.39 Å². The zero-order valence-corrected chi connectivity index (χ0v) is 13.8. The molecule has 2 nitrogen and oxygen atoms in total. The molecule has 1 aromatic carbocycles. The van der Waals surface area contributed by atoms with Gasteiger partial charge in [0.25, 0.3) is 0 Å². The Morgan fingerprint density at radius 2 is 2.20 bits per heavy atom. The molecule has 2 rings (SSSR count). The lowest BCUT2D eigenvalue weighted by Gasteiger charge is -2.41. The highest BCUT2D eigenvalue weighted by Crippen LogP contribution is 2.30. The first-order valence-corrected chi connectivity index (χ1v) is 8.15. The van der Waals surface area contributed by atoms with Gasteiger partial charge >= 0.3 is 0 Å². The Morgan fingerprint density at radius 1 is 1.40 bits per heavy atom. The highest BCUT2D eigenvalue weighted by Gasteiger charge is 2.36. The number of nitrogens with one attached hydrogen (secondary N) is 1. The summed E-state index contributed by atoms with van der Waals surface area (Å²) in [5.74, 6) is -0.195. The quantitative estimate of drug-likeness (QED) is 0.870. The first kappa shape index (κ1) is 15.9. The molecule has 2 unspecified atom stereocenters. The van der Waals surface area contributed by atoms with Crippen LogP contribution in [0.15, 0.2) is 22.7 Å². The fourth-order valence-electron chi connectivity index (χ4n) is 2.95. The molecule has 0 saturated carbocycles. The van der Waals surface area contributed by atoms with Crippen LogP contribution in [-0.4, -0.2) is 24.8 Å². The Kier molecular flexibility index (Phi) is 5.58. The Hall–Kier alpha value is -0.450. The van der Waals surface area contributed by atoms with E-state index >= 15 is 0 Å². The number of halogens is 2. The van der Waals surface area contributed by atoms with E-state index in [9.17, 15) is 4.39 Å². The first-order chi connectivity index (χ1) is 9.53. The number of benzene rings is 1. The van der Waals surface area contributed by atoms with Crippen molar-refractivity contribution in [2.24, 2.45) is 0 Å². The van der Waals surface area contributed by atoms with E-state index < -0.39 is 0 Å². The average molecular weight is 344 g/mol. The third kappa shape index (κ3) is 4.03. The van der Waals surface area contributed by atoms with Crippen LogP contribution in [0.25, 0.3) is 0 Å². The second kappa shape index (κ2) is 7.01. The molecule has 0 aliphatic carbocycles. The highest BCUT2D eigenvalue weighted by molar-refractivity contribution is 9.10. The number of likely N-dealkylation sites (N-methyl/N-ethyl adjacent to an activating group) is 1. The molecule has 1 saturated heterocycles. The topological polar surface area (TPSA) is 21.3 Å². The van der Waals surface area contributed by atoms with E-state index in [1.807, 2.05) is 6.07 Å². The molecule has 112 valence electrons. The molecule has 1 fully saturated rings. The first-order valence-electron chi connectivity index (χ1n) is 7.36. The Labute approximate surface area is 129 Å². The molecule has 0 radical (unpaired) electrons. The van der Waals surface area contributed by atoms with Gasteiger partial charge in [-0.3, -0.25) is 0 Å². The van der Waals surface area contributed by atoms with E-state index in [1.54, 1.807) is 6.07 Å². The van der Waals surface area contributed by atoms with Crippen molar-refractivity contribution in [3.63, 3.8) is 0 Å².